The molecule has 1 unspecified atom stereocenters. The Morgan fingerprint density at radius 3 is 1.85 bits per heavy atom. The molecule has 1 aliphatic carbocycles. The Bertz CT molecular complexity index is 740. The molecule has 5 heteroatoms. The largest absolute Gasteiger partial charge is 0.388 e. The molecule has 0 aromatic heterocycles. The number of morpholine rings is 1. The molecule has 0 spiro atoms. The summed E-state index contributed by atoms with van der Waals surface area (Å²) in [5, 5.41) is 13.4. The smallest absolute Gasteiger partial charge is 0.162 e. The molecule has 1 saturated carbocycles. The molecule has 0 radical (unpaired) electrons. The van der Waals surface area contributed by atoms with Crippen molar-refractivity contribution >= 4 is 17.8 Å². The summed E-state index contributed by atoms with van der Waals surface area (Å²) < 4.78 is 20.5. The monoisotopic (exact) mass is 385 g/mol. The molecule has 2 fully saturated rings. The van der Waals surface area contributed by atoms with Gasteiger partial charge in [-0.25, -0.2) is 0 Å². The summed E-state index contributed by atoms with van der Waals surface area (Å²) >= 11 is 0. The van der Waals surface area contributed by atoms with Gasteiger partial charge in [-0.05, 0) is 12.8 Å². The first kappa shape index (κ1) is 18.9. The summed E-state index contributed by atoms with van der Waals surface area (Å²) in [6, 6.07) is 19.5. The highest BCUT2D eigenvalue weighted by molar-refractivity contribution is 7.79. The van der Waals surface area contributed by atoms with Crippen LogP contribution in [0, 0.1) is 0 Å². The van der Waals surface area contributed by atoms with Gasteiger partial charge >= 0.3 is 0 Å². The van der Waals surface area contributed by atoms with Crippen molar-refractivity contribution in [3.05, 3.63) is 60.7 Å². The molecule has 1 N–H and O–H groups in total. The summed E-state index contributed by atoms with van der Waals surface area (Å²) in [4.78, 5) is 2.23. The number of ether oxygens (including phenoxy) is 1. The van der Waals surface area contributed by atoms with E-state index in [9.17, 15) is 9.67 Å². The molecular formula is C22H28NO3P. The lowest BCUT2D eigenvalue weighted by molar-refractivity contribution is -0.0449. The topological polar surface area (TPSA) is 49.8 Å². The maximum Gasteiger partial charge on any atom is 0.162 e. The van der Waals surface area contributed by atoms with Crippen LogP contribution in [0.3, 0.4) is 0 Å². The first-order valence-corrected chi connectivity index (χ1v) is 11.7. The van der Waals surface area contributed by atoms with E-state index >= 15 is 0 Å². The highest BCUT2D eigenvalue weighted by Crippen LogP contribution is 2.57. The maximum atomic E-state index is 15.0. The Morgan fingerprint density at radius 1 is 0.889 bits per heavy atom. The van der Waals surface area contributed by atoms with Crippen LogP contribution in [-0.4, -0.2) is 47.7 Å². The quantitative estimate of drug-likeness (QED) is 0.804. The zero-order chi connectivity index (χ0) is 18.7. The molecule has 27 heavy (non-hydrogen) atoms. The van der Waals surface area contributed by atoms with E-state index in [-0.39, 0.29) is 0 Å². The minimum atomic E-state index is -3.10. The predicted molar refractivity (Wildman–Crippen MR) is 109 cm³/mol. The highest BCUT2D eigenvalue weighted by Gasteiger charge is 2.53. The second kappa shape index (κ2) is 7.89. The Morgan fingerprint density at radius 2 is 1.37 bits per heavy atom. The number of hydrogen-bond acceptors (Lipinski definition) is 4. The average molecular weight is 385 g/mol. The molecule has 0 amide bonds. The number of aliphatic hydroxyl groups is 1. The number of nitrogens with zero attached hydrogens (tertiary/aromatic N) is 1. The fraction of sp³-hybridized carbons (Fsp3) is 0.455. The van der Waals surface area contributed by atoms with Crippen molar-refractivity contribution < 1.29 is 14.4 Å². The van der Waals surface area contributed by atoms with Crippen molar-refractivity contribution in [3.63, 3.8) is 0 Å². The van der Waals surface area contributed by atoms with Crippen molar-refractivity contribution in [2.45, 2.75) is 37.1 Å². The van der Waals surface area contributed by atoms with Gasteiger partial charge in [0.2, 0.25) is 0 Å². The standard InChI is InChI=1S/C22H28NO3P/c24-22(13-7-8-14-22)21(23-15-17-26-18-16-23)27(25,19-9-3-1-4-10-19)20-11-5-2-6-12-20/h1-6,9-12,21,24H,7-8,13-18H2. The molecule has 2 aliphatic rings. The zero-order valence-corrected chi connectivity index (χ0v) is 16.6. The fourth-order valence-electron chi connectivity index (χ4n) is 4.71. The van der Waals surface area contributed by atoms with Crippen molar-refractivity contribution in [3.8, 4) is 0 Å². The van der Waals surface area contributed by atoms with Gasteiger partial charge < -0.3 is 14.4 Å². The van der Waals surface area contributed by atoms with E-state index in [1.807, 2.05) is 60.7 Å². The average Bonchev–Trinajstić information content (AvgIpc) is 3.17. The van der Waals surface area contributed by atoms with Crippen LogP contribution in [0.5, 0.6) is 0 Å². The van der Waals surface area contributed by atoms with E-state index in [0.717, 1.165) is 23.5 Å². The summed E-state index contributed by atoms with van der Waals surface area (Å²) in [6.07, 6.45) is 3.39. The van der Waals surface area contributed by atoms with Gasteiger partial charge in [0.05, 0.1) is 18.8 Å². The number of benzene rings is 2. The van der Waals surface area contributed by atoms with Crippen molar-refractivity contribution in [1.29, 1.82) is 0 Å². The van der Waals surface area contributed by atoms with E-state index in [0.29, 0.717) is 39.1 Å². The third-order valence-corrected chi connectivity index (χ3v) is 9.59. The van der Waals surface area contributed by atoms with E-state index in [4.69, 9.17) is 4.74 Å². The van der Waals surface area contributed by atoms with Gasteiger partial charge in [0.1, 0.15) is 5.78 Å². The fourth-order valence-corrected chi connectivity index (χ4v) is 8.43. The molecule has 4 nitrogen and oxygen atoms in total. The van der Waals surface area contributed by atoms with Gasteiger partial charge in [-0.15, -0.1) is 0 Å². The first-order chi connectivity index (χ1) is 13.1. The van der Waals surface area contributed by atoms with Crippen LogP contribution in [-0.2, 0) is 9.30 Å². The second-order valence-corrected chi connectivity index (χ2v) is 10.5. The van der Waals surface area contributed by atoms with Gasteiger partial charge in [-0.3, -0.25) is 4.90 Å². The second-order valence-electron chi connectivity index (χ2n) is 7.66. The normalized spacial score (nSPS) is 21.8. The summed E-state index contributed by atoms with van der Waals surface area (Å²) in [7, 11) is -3.10. The van der Waals surface area contributed by atoms with Crippen LogP contribution in [0.4, 0.5) is 0 Å². The van der Waals surface area contributed by atoms with Crippen molar-refractivity contribution in [2.75, 3.05) is 26.3 Å². The first-order valence-electron chi connectivity index (χ1n) is 9.90. The van der Waals surface area contributed by atoms with E-state index in [2.05, 4.69) is 4.90 Å². The van der Waals surface area contributed by atoms with Crippen LogP contribution in [0.15, 0.2) is 60.7 Å². The van der Waals surface area contributed by atoms with Gasteiger partial charge in [-0.2, -0.15) is 0 Å². The van der Waals surface area contributed by atoms with E-state index < -0.39 is 18.5 Å². The van der Waals surface area contributed by atoms with Gasteiger partial charge in [0.15, 0.2) is 7.14 Å². The lowest BCUT2D eigenvalue weighted by atomic mass is 10.0. The maximum absolute atomic E-state index is 15.0. The Kier molecular flexibility index (Phi) is 5.52. The molecular weight excluding hydrogens is 357 g/mol. The minimum Gasteiger partial charge on any atom is -0.388 e. The lowest BCUT2D eigenvalue weighted by Crippen LogP contribution is -2.57. The number of hydrogen-bond donors (Lipinski definition) is 1. The van der Waals surface area contributed by atoms with Gasteiger partial charge in [-0.1, -0.05) is 73.5 Å². The lowest BCUT2D eigenvalue weighted by Gasteiger charge is -2.46. The SMILES string of the molecule is O=P(c1ccccc1)(c1ccccc1)C(N1CCOCC1)C1(O)CCCC1. The molecule has 144 valence electrons. The summed E-state index contributed by atoms with van der Waals surface area (Å²) in [5.74, 6) is -0.416. The molecule has 1 atom stereocenters. The Labute approximate surface area is 161 Å². The van der Waals surface area contributed by atoms with Gasteiger partial charge in [0.25, 0.3) is 0 Å². The van der Waals surface area contributed by atoms with Crippen LogP contribution < -0.4 is 10.6 Å². The molecule has 4 rings (SSSR count). The zero-order valence-electron chi connectivity index (χ0n) is 15.7. The third-order valence-electron chi connectivity index (χ3n) is 5.97. The summed E-state index contributed by atoms with van der Waals surface area (Å²) in [6.45, 7) is 2.65. The molecule has 1 heterocycles. The molecule has 2 aromatic rings. The van der Waals surface area contributed by atoms with E-state index in [1.54, 1.807) is 0 Å². The van der Waals surface area contributed by atoms with E-state index in [1.165, 1.54) is 0 Å². The van der Waals surface area contributed by atoms with Gasteiger partial charge in [0, 0.05) is 23.7 Å². The Balaban J connectivity index is 1.90. The third kappa shape index (κ3) is 3.52. The number of rotatable bonds is 5. The summed E-state index contributed by atoms with van der Waals surface area (Å²) in [5.41, 5.74) is -0.932. The van der Waals surface area contributed by atoms with Crippen LogP contribution in [0.2, 0.25) is 0 Å². The molecule has 0 bridgehead atoms. The van der Waals surface area contributed by atoms with Crippen molar-refractivity contribution in [2.24, 2.45) is 0 Å². The molecule has 1 saturated heterocycles. The predicted octanol–water partition coefficient (Wildman–Crippen LogP) is 2.96. The van der Waals surface area contributed by atoms with Crippen LogP contribution in [0.25, 0.3) is 0 Å². The van der Waals surface area contributed by atoms with Crippen LogP contribution >= 0.6 is 7.14 Å². The highest BCUT2D eigenvalue weighted by atomic mass is 31.2. The molecule has 1 aliphatic heterocycles. The van der Waals surface area contributed by atoms with Crippen LogP contribution in [0.1, 0.15) is 25.7 Å². The minimum absolute atomic E-state index is 0.416. The Hall–Kier alpha value is -1.45. The van der Waals surface area contributed by atoms with Crippen molar-refractivity contribution in [1.82, 2.24) is 4.90 Å². The molecule has 2 aromatic carbocycles.